The third-order valence-electron chi connectivity index (χ3n) is 6.88. The van der Waals surface area contributed by atoms with E-state index < -0.39 is 15.4 Å². The van der Waals surface area contributed by atoms with Crippen molar-refractivity contribution in [2.45, 2.75) is 30.1 Å². The molecule has 8 nitrogen and oxygen atoms in total. The fraction of sp³-hybridized carbons (Fsp3) is 0.385. The van der Waals surface area contributed by atoms with Crippen LogP contribution in [-0.4, -0.2) is 72.5 Å². The summed E-state index contributed by atoms with van der Waals surface area (Å²) in [7, 11) is -3.57. The Morgan fingerprint density at radius 1 is 0.917 bits per heavy atom. The minimum atomic E-state index is -3.57. The summed E-state index contributed by atoms with van der Waals surface area (Å²) in [4.78, 5) is 2.30. The number of aliphatic hydroxyl groups excluding tert-OH is 2. The van der Waals surface area contributed by atoms with Gasteiger partial charge in [0.25, 0.3) is 0 Å². The van der Waals surface area contributed by atoms with E-state index in [-0.39, 0.29) is 19.0 Å². The zero-order valence-electron chi connectivity index (χ0n) is 20.2. The molecule has 0 bridgehead atoms. The predicted octanol–water partition coefficient (Wildman–Crippen LogP) is 2.29. The number of aryl methyl sites for hydroxylation is 2. The lowest BCUT2D eigenvalue weighted by Crippen LogP contribution is -2.49. The molecule has 192 valence electrons. The van der Waals surface area contributed by atoms with Gasteiger partial charge >= 0.3 is 0 Å². The summed E-state index contributed by atoms with van der Waals surface area (Å²) in [5.74, 6) is 0.291. The van der Waals surface area contributed by atoms with Gasteiger partial charge in [0.2, 0.25) is 10.0 Å². The molecule has 4 rings (SSSR count). The van der Waals surface area contributed by atoms with Gasteiger partial charge in [0.15, 0.2) is 5.82 Å². The minimum absolute atomic E-state index is 0.311. The average Bonchev–Trinajstić information content (AvgIpc) is 2.91. The van der Waals surface area contributed by atoms with Crippen molar-refractivity contribution in [1.29, 1.82) is 0 Å². The molecule has 0 amide bonds. The van der Waals surface area contributed by atoms with Gasteiger partial charge in [-0.3, -0.25) is 0 Å². The lowest BCUT2D eigenvalue weighted by atomic mass is 9.80. The number of aliphatic hydroxyl groups is 2. The minimum Gasteiger partial charge on any atom is -0.395 e. The lowest BCUT2D eigenvalue weighted by Gasteiger charge is -2.35. The summed E-state index contributed by atoms with van der Waals surface area (Å²) in [6, 6.07) is 16.6. The monoisotopic (exact) mass is 514 g/mol. The molecule has 1 aromatic heterocycles. The number of aromatic nitrogens is 2. The van der Waals surface area contributed by atoms with Gasteiger partial charge in [-0.1, -0.05) is 30.3 Å². The van der Waals surface area contributed by atoms with E-state index in [1.807, 2.05) is 11.0 Å². The third kappa shape index (κ3) is 5.41. The van der Waals surface area contributed by atoms with E-state index in [4.69, 9.17) is 0 Å². The Kier molecular flexibility index (Phi) is 7.99. The lowest BCUT2D eigenvalue weighted by molar-refractivity contribution is 0.106. The first-order chi connectivity index (χ1) is 17.3. The number of nitrogens with zero attached hydrogens (tertiary/aromatic N) is 4. The van der Waals surface area contributed by atoms with Gasteiger partial charge in [-0.2, -0.15) is 9.40 Å². The second-order valence-electron chi connectivity index (χ2n) is 9.16. The van der Waals surface area contributed by atoms with Crippen molar-refractivity contribution in [1.82, 2.24) is 14.5 Å². The number of hydrogen-bond acceptors (Lipinski definition) is 7. The van der Waals surface area contributed by atoms with Gasteiger partial charge in [0, 0.05) is 26.2 Å². The van der Waals surface area contributed by atoms with Crippen LogP contribution in [0.3, 0.4) is 0 Å². The van der Waals surface area contributed by atoms with Crippen LogP contribution in [0.5, 0.6) is 0 Å². The number of piperazine rings is 1. The van der Waals surface area contributed by atoms with Crippen LogP contribution in [0.4, 0.5) is 10.2 Å². The molecule has 1 aliphatic heterocycles. The van der Waals surface area contributed by atoms with Gasteiger partial charge in [-0.15, -0.1) is 5.10 Å². The van der Waals surface area contributed by atoms with E-state index in [9.17, 15) is 23.0 Å². The van der Waals surface area contributed by atoms with Crippen molar-refractivity contribution in [3.63, 3.8) is 0 Å². The molecule has 0 spiro atoms. The smallest absolute Gasteiger partial charge is 0.243 e. The SMILES string of the molecule is Cc1ccccc1S(=O)(=O)N1CCN(c2ccc(C(CO)(CO)CCc3ccc(F)cc3)nn2)CC1. The second kappa shape index (κ2) is 11.0. The number of hydrogen-bond donors (Lipinski definition) is 2. The number of anilines is 1. The fourth-order valence-corrected chi connectivity index (χ4v) is 6.10. The molecule has 0 atom stereocenters. The largest absolute Gasteiger partial charge is 0.395 e. The molecule has 2 N–H and O–H groups in total. The average molecular weight is 515 g/mol. The van der Waals surface area contributed by atoms with Gasteiger partial charge in [-0.25, -0.2) is 12.8 Å². The van der Waals surface area contributed by atoms with Crippen LogP contribution in [0, 0.1) is 12.7 Å². The molecule has 0 aliphatic carbocycles. The normalized spacial score (nSPS) is 15.3. The van der Waals surface area contributed by atoms with Gasteiger partial charge in [0.05, 0.1) is 29.2 Å². The molecule has 1 aliphatic rings. The highest BCUT2D eigenvalue weighted by atomic mass is 32.2. The molecule has 0 saturated carbocycles. The standard InChI is InChI=1S/C26H31FN4O4S/c1-20-4-2-3-5-23(20)36(34,35)31-16-14-30(15-17-31)25-11-10-24(28-29-25)26(18-32,19-33)13-12-21-6-8-22(27)9-7-21/h2-11,32-33H,12-19H2,1H3. The molecule has 1 saturated heterocycles. The first-order valence-corrected chi connectivity index (χ1v) is 13.3. The Bertz CT molecular complexity index is 1260. The Morgan fingerprint density at radius 2 is 1.58 bits per heavy atom. The molecule has 10 heteroatoms. The fourth-order valence-electron chi connectivity index (χ4n) is 4.45. The van der Waals surface area contributed by atoms with Crippen molar-refractivity contribution in [2.75, 3.05) is 44.3 Å². The number of rotatable bonds is 9. The second-order valence-corrected chi connectivity index (χ2v) is 11.1. The van der Waals surface area contributed by atoms with E-state index >= 15 is 0 Å². The highest BCUT2D eigenvalue weighted by Crippen LogP contribution is 2.29. The molecule has 0 radical (unpaired) electrons. The summed E-state index contributed by atoms with van der Waals surface area (Å²) in [5, 5.41) is 28.9. The Morgan fingerprint density at radius 3 is 2.17 bits per heavy atom. The van der Waals surface area contributed by atoms with Gasteiger partial charge in [-0.05, 0) is 61.2 Å². The first-order valence-electron chi connectivity index (χ1n) is 11.9. The summed E-state index contributed by atoms with van der Waals surface area (Å²) in [6.45, 7) is 2.76. The highest BCUT2D eigenvalue weighted by molar-refractivity contribution is 7.89. The zero-order chi connectivity index (χ0) is 25.8. The van der Waals surface area contributed by atoms with Crippen LogP contribution < -0.4 is 4.90 Å². The van der Waals surface area contributed by atoms with Crippen LogP contribution in [-0.2, 0) is 21.9 Å². The molecular formula is C26H31FN4O4S. The summed E-state index contributed by atoms with van der Waals surface area (Å²) in [6.07, 6.45) is 0.942. The van der Waals surface area contributed by atoms with E-state index in [0.717, 1.165) is 11.1 Å². The maximum absolute atomic E-state index is 13.2. The highest BCUT2D eigenvalue weighted by Gasteiger charge is 2.34. The predicted molar refractivity (Wildman–Crippen MR) is 135 cm³/mol. The van der Waals surface area contributed by atoms with Gasteiger partial charge < -0.3 is 15.1 Å². The topological polar surface area (TPSA) is 107 Å². The number of halogens is 1. The van der Waals surface area contributed by atoms with Crippen LogP contribution >= 0.6 is 0 Å². The number of benzene rings is 2. The quantitative estimate of drug-likeness (QED) is 0.451. The third-order valence-corrected chi connectivity index (χ3v) is 8.94. The molecule has 3 aromatic rings. The van der Waals surface area contributed by atoms with E-state index in [2.05, 4.69) is 10.2 Å². The Balaban J connectivity index is 1.42. The van der Waals surface area contributed by atoms with Crippen molar-refractivity contribution < 1.29 is 23.0 Å². The molecular weight excluding hydrogens is 483 g/mol. The maximum Gasteiger partial charge on any atom is 0.243 e. The molecule has 36 heavy (non-hydrogen) atoms. The van der Waals surface area contributed by atoms with Crippen molar-refractivity contribution in [3.8, 4) is 0 Å². The van der Waals surface area contributed by atoms with Gasteiger partial charge in [0.1, 0.15) is 5.82 Å². The first kappa shape index (κ1) is 26.2. The molecule has 0 unspecified atom stereocenters. The molecule has 2 aromatic carbocycles. The van der Waals surface area contributed by atoms with Crippen molar-refractivity contribution >= 4 is 15.8 Å². The summed E-state index contributed by atoms with van der Waals surface area (Å²) >= 11 is 0. The van der Waals surface area contributed by atoms with Crippen molar-refractivity contribution in [3.05, 3.63) is 83.3 Å². The van der Waals surface area contributed by atoms with Crippen LogP contribution in [0.1, 0.15) is 23.2 Å². The Hall–Kier alpha value is -2.92. The molecule has 1 fully saturated rings. The van der Waals surface area contributed by atoms with Crippen molar-refractivity contribution in [2.24, 2.45) is 0 Å². The Labute approximate surface area is 211 Å². The summed E-state index contributed by atoms with van der Waals surface area (Å²) in [5.41, 5.74) is 1.10. The van der Waals surface area contributed by atoms with Crippen LogP contribution in [0.15, 0.2) is 65.6 Å². The van der Waals surface area contributed by atoms with E-state index in [1.54, 1.807) is 49.4 Å². The van der Waals surface area contributed by atoms with E-state index in [0.29, 0.717) is 55.4 Å². The van der Waals surface area contributed by atoms with Crippen LogP contribution in [0.25, 0.3) is 0 Å². The number of sulfonamides is 1. The maximum atomic E-state index is 13.2. The molecule has 2 heterocycles. The van der Waals surface area contributed by atoms with Crippen LogP contribution in [0.2, 0.25) is 0 Å². The summed E-state index contributed by atoms with van der Waals surface area (Å²) < 4.78 is 40.8. The van der Waals surface area contributed by atoms with E-state index in [1.165, 1.54) is 16.4 Å². The zero-order valence-corrected chi connectivity index (χ0v) is 21.0.